The maximum absolute atomic E-state index is 5.74. The molecule has 3 heteroatoms. The quantitative estimate of drug-likeness (QED) is 0.454. The standard InChI is InChI=1S/C16H32N2S/c1-2-3-4-5-6-7-10-13-18(14-16(17)19)15-11-8-9-12-15/h15H,2-14H2,1H3,(H2,17,19). The van der Waals surface area contributed by atoms with Gasteiger partial charge in [-0.3, -0.25) is 4.90 Å². The molecule has 1 aliphatic carbocycles. The van der Waals surface area contributed by atoms with E-state index in [1.807, 2.05) is 0 Å². The first-order valence-corrected chi connectivity index (χ1v) is 8.67. The van der Waals surface area contributed by atoms with Crippen molar-refractivity contribution in [2.45, 2.75) is 83.6 Å². The van der Waals surface area contributed by atoms with Gasteiger partial charge in [-0.2, -0.15) is 0 Å². The molecule has 0 aromatic carbocycles. The van der Waals surface area contributed by atoms with Gasteiger partial charge in [0.05, 0.1) is 4.99 Å². The molecule has 0 atom stereocenters. The fraction of sp³-hybridized carbons (Fsp3) is 0.938. The molecular formula is C16H32N2S. The van der Waals surface area contributed by atoms with Crippen molar-refractivity contribution < 1.29 is 0 Å². The van der Waals surface area contributed by atoms with E-state index in [1.165, 1.54) is 77.2 Å². The monoisotopic (exact) mass is 284 g/mol. The molecule has 19 heavy (non-hydrogen) atoms. The average Bonchev–Trinajstić information content (AvgIpc) is 2.89. The number of nitrogens with zero attached hydrogens (tertiary/aromatic N) is 1. The van der Waals surface area contributed by atoms with Gasteiger partial charge in [-0.25, -0.2) is 0 Å². The smallest absolute Gasteiger partial charge is 0.0870 e. The molecule has 0 saturated heterocycles. The van der Waals surface area contributed by atoms with Crippen molar-refractivity contribution >= 4 is 17.2 Å². The lowest BCUT2D eigenvalue weighted by Gasteiger charge is -2.28. The van der Waals surface area contributed by atoms with Crippen LogP contribution in [0.15, 0.2) is 0 Å². The third-order valence-electron chi connectivity index (χ3n) is 4.25. The molecule has 1 aliphatic rings. The van der Waals surface area contributed by atoms with Crippen LogP contribution in [0.3, 0.4) is 0 Å². The second-order valence-electron chi connectivity index (χ2n) is 6.00. The third kappa shape index (κ3) is 7.88. The lowest BCUT2D eigenvalue weighted by molar-refractivity contribution is 0.222. The molecule has 1 fully saturated rings. The van der Waals surface area contributed by atoms with Crippen LogP contribution in [0.2, 0.25) is 0 Å². The first-order valence-electron chi connectivity index (χ1n) is 8.26. The molecule has 0 heterocycles. The van der Waals surface area contributed by atoms with Crippen molar-refractivity contribution in [3.05, 3.63) is 0 Å². The van der Waals surface area contributed by atoms with E-state index >= 15 is 0 Å². The summed E-state index contributed by atoms with van der Waals surface area (Å²) < 4.78 is 0. The molecule has 112 valence electrons. The Morgan fingerprint density at radius 3 is 2.21 bits per heavy atom. The van der Waals surface area contributed by atoms with Crippen molar-refractivity contribution in [3.63, 3.8) is 0 Å². The molecule has 0 aliphatic heterocycles. The topological polar surface area (TPSA) is 29.3 Å². The van der Waals surface area contributed by atoms with Crippen LogP contribution in [0.25, 0.3) is 0 Å². The molecule has 0 unspecified atom stereocenters. The summed E-state index contributed by atoms with van der Waals surface area (Å²) in [4.78, 5) is 3.20. The normalized spacial score (nSPS) is 16.3. The summed E-state index contributed by atoms with van der Waals surface area (Å²) in [5.41, 5.74) is 5.74. The van der Waals surface area contributed by atoms with Gasteiger partial charge in [-0.05, 0) is 25.8 Å². The van der Waals surface area contributed by atoms with E-state index in [0.29, 0.717) is 4.99 Å². The zero-order valence-electron chi connectivity index (χ0n) is 12.7. The predicted molar refractivity (Wildman–Crippen MR) is 88.6 cm³/mol. The Bertz CT molecular complexity index is 237. The van der Waals surface area contributed by atoms with Crippen LogP contribution in [0.1, 0.15) is 77.6 Å². The van der Waals surface area contributed by atoms with E-state index in [1.54, 1.807) is 0 Å². The first-order chi connectivity index (χ1) is 9.24. The van der Waals surface area contributed by atoms with Crippen molar-refractivity contribution in [2.24, 2.45) is 5.73 Å². The summed E-state index contributed by atoms with van der Waals surface area (Å²) in [5, 5.41) is 0. The van der Waals surface area contributed by atoms with Gasteiger partial charge in [0.2, 0.25) is 0 Å². The summed E-state index contributed by atoms with van der Waals surface area (Å²) in [6, 6.07) is 0.751. The Morgan fingerprint density at radius 1 is 1.05 bits per heavy atom. The second-order valence-corrected chi connectivity index (χ2v) is 6.52. The van der Waals surface area contributed by atoms with Gasteiger partial charge in [0, 0.05) is 12.6 Å². The molecule has 0 bridgehead atoms. The van der Waals surface area contributed by atoms with Crippen molar-refractivity contribution in [1.29, 1.82) is 0 Å². The van der Waals surface area contributed by atoms with E-state index in [4.69, 9.17) is 18.0 Å². The summed E-state index contributed by atoms with van der Waals surface area (Å²) in [6.07, 6.45) is 15.1. The van der Waals surface area contributed by atoms with E-state index in [0.717, 1.165) is 12.6 Å². The van der Waals surface area contributed by atoms with Crippen molar-refractivity contribution in [3.8, 4) is 0 Å². The highest BCUT2D eigenvalue weighted by Gasteiger charge is 2.22. The lowest BCUT2D eigenvalue weighted by Crippen LogP contribution is -2.40. The molecule has 1 rings (SSSR count). The Labute approximate surface area is 125 Å². The fourth-order valence-electron chi connectivity index (χ4n) is 3.13. The molecule has 0 aromatic rings. The predicted octanol–water partition coefficient (Wildman–Crippen LogP) is 4.27. The average molecular weight is 285 g/mol. The van der Waals surface area contributed by atoms with Crippen LogP contribution in [0, 0.1) is 0 Å². The number of rotatable bonds is 11. The lowest BCUT2D eigenvalue weighted by atomic mass is 10.1. The van der Waals surface area contributed by atoms with Crippen LogP contribution in [-0.2, 0) is 0 Å². The third-order valence-corrected chi connectivity index (χ3v) is 4.38. The highest BCUT2D eigenvalue weighted by atomic mass is 32.1. The van der Waals surface area contributed by atoms with Gasteiger partial charge >= 0.3 is 0 Å². The van der Waals surface area contributed by atoms with Crippen LogP contribution in [0.4, 0.5) is 0 Å². The number of hydrogen-bond donors (Lipinski definition) is 1. The molecule has 1 saturated carbocycles. The largest absolute Gasteiger partial charge is 0.392 e. The van der Waals surface area contributed by atoms with Gasteiger partial charge in [-0.15, -0.1) is 0 Å². The first kappa shape index (κ1) is 16.9. The second kappa shape index (κ2) is 10.6. The van der Waals surface area contributed by atoms with Gasteiger partial charge in [0.1, 0.15) is 0 Å². The Balaban J connectivity index is 2.12. The Morgan fingerprint density at radius 2 is 1.63 bits per heavy atom. The van der Waals surface area contributed by atoms with Gasteiger partial charge in [0.25, 0.3) is 0 Å². The zero-order chi connectivity index (χ0) is 13.9. The maximum atomic E-state index is 5.74. The number of nitrogens with two attached hydrogens (primary N) is 1. The molecule has 2 N–H and O–H groups in total. The van der Waals surface area contributed by atoms with Gasteiger partial charge < -0.3 is 5.73 Å². The van der Waals surface area contributed by atoms with Crippen LogP contribution < -0.4 is 5.73 Å². The number of unbranched alkanes of at least 4 members (excludes halogenated alkanes) is 6. The van der Waals surface area contributed by atoms with Crippen molar-refractivity contribution in [2.75, 3.05) is 13.1 Å². The van der Waals surface area contributed by atoms with E-state index in [2.05, 4.69) is 11.8 Å². The maximum Gasteiger partial charge on any atom is 0.0870 e. The molecule has 0 spiro atoms. The van der Waals surface area contributed by atoms with Gasteiger partial charge in [0.15, 0.2) is 0 Å². The van der Waals surface area contributed by atoms with E-state index < -0.39 is 0 Å². The number of hydrogen-bond acceptors (Lipinski definition) is 2. The zero-order valence-corrected chi connectivity index (χ0v) is 13.5. The van der Waals surface area contributed by atoms with Crippen LogP contribution >= 0.6 is 12.2 Å². The molecule has 2 nitrogen and oxygen atoms in total. The highest BCUT2D eigenvalue weighted by molar-refractivity contribution is 7.80. The summed E-state index contributed by atoms with van der Waals surface area (Å²) >= 11 is 5.09. The minimum Gasteiger partial charge on any atom is -0.392 e. The number of thiocarbonyl (C=S) groups is 1. The van der Waals surface area contributed by atoms with Gasteiger partial charge in [-0.1, -0.05) is 70.5 Å². The van der Waals surface area contributed by atoms with Crippen LogP contribution in [-0.4, -0.2) is 29.0 Å². The fourth-order valence-corrected chi connectivity index (χ4v) is 3.30. The molecular weight excluding hydrogens is 252 g/mol. The summed E-state index contributed by atoms with van der Waals surface area (Å²) in [6.45, 7) is 4.29. The summed E-state index contributed by atoms with van der Waals surface area (Å²) in [7, 11) is 0. The minimum atomic E-state index is 0.662. The minimum absolute atomic E-state index is 0.662. The van der Waals surface area contributed by atoms with Crippen molar-refractivity contribution in [1.82, 2.24) is 4.90 Å². The Kier molecular flexibility index (Phi) is 9.44. The highest BCUT2D eigenvalue weighted by Crippen LogP contribution is 2.23. The molecule has 0 amide bonds. The van der Waals surface area contributed by atoms with E-state index in [-0.39, 0.29) is 0 Å². The Hall–Kier alpha value is -0.150. The molecule has 0 aromatic heterocycles. The SMILES string of the molecule is CCCCCCCCCN(CC(N)=S)C1CCCC1. The van der Waals surface area contributed by atoms with E-state index in [9.17, 15) is 0 Å². The molecule has 0 radical (unpaired) electrons. The van der Waals surface area contributed by atoms with Crippen LogP contribution in [0.5, 0.6) is 0 Å². The summed E-state index contributed by atoms with van der Waals surface area (Å²) in [5.74, 6) is 0.